The third kappa shape index (κ3) is 1.42. The Morgan fingerprint density at radius 1 is 1.38 bits per heavy atom. The highest BCUT2D eigenvalue weighted by Crippen LogP contribution is 2.41. The van der Waals surface area contributed by atoms with Crippen LogP contribution in [0.4, 0.5) is 0 Å². The molecular formula is C11H14O2. The summed E-state index contributed by atoms with van der Waals surface area (Å²) in [5, 5.41) is 9.41. The van der Waals surface area contributed by atoms with Crippen LogP contribution in [-0.2, 0) is 4.74 Å². The van der Waals surface area contributed by atoms with Crippen molar-refractivity contribution in [2.24, 2.45) is 5.41 Å². The molecule has 1 aliphatic carbocycles. The first-order valence-corrected chi connectivity index (χ1v) is 4.62. The molecular weight excluding hydrogens is 164 g/mol. The number of allylic oxidation sites excluding steroid dienone is 3. The van der Waals surface area contributed by atoms with Gasteiger partial charge in [-0.15, -0.1) is 0 Å². The predicted molar refractivity (Wildman–Crippen MR) is 51.1 cm³/mol. The topological polar surface area (TPSA) is 29.5 Å². The first-order chi connectivity index (χ1) is 6.37. The molecule has 2 rings (SSSR count). The second-order valence-electron chi connectivity index (χ2n) is 3.61. The predicted octanol–water partition coefficient (Wildman–Crippen LogP) is 1.79. The van der Waals surface area contributed by atoms with Crippen LogP contribution in [-0.4, -0.2) is 18.3 Å². The zero-order valence-corrected chi connectivity index (χ0v) is 7.57. The van der Waals surface area contributed by atoms with Crippen molar-refractivity contribution in [1.82, 2.24) is 0 Å². The first-order valence-electron chi connectivity index (χ1n) is 4.62. The molecule has 0 saturated heterocycles. The molecule has 0 fully saturated rings. The van der Waals surface area contributed by atoms with Crippen LogP contribution in [0.25, 0.3) is 0 Å². The number of ether oxygens (including phenoxy) is 1. The minimum atomic E-state index is -0.0553. The van der Waals surface area contributed by atoms with Crippen molar-refractivity contribution in [1.29, 1.82) is 0 Å². The van der Waals surface area contributed by atoms with E-state index in [4.69, 9.17) is 4.74 Å². The van der Waals surface area contributed by atoms with E-state index < -0.39 is 0 Å². The minimum Gasteiger partial charge on any atom is -0.497 e. The van der Waals surface area contributed by atoms with Gasteiger partial charge in [-0.3, -0.25) is 0 Å². The van der Waals surface area contributed by atoms with E-state index in [-0.39, 0.29) is 12.0 Å². The molecule has 2 nitrogen and oxygen atoms in total. The summed E-state index contributed by atoms with van der Waals surface area (Å²) in [6.45, 7) is 0.851. The normalized spacial score (nSPS) is 24.2. The van der Waals surface area contributed by atoms with E-state index in [1.807, 2.05) is 6.08 Å². The third-order valence-electron chi connectivity index (χ3n) is 2.84. The zero-order valence-electron chi connectivity index (χ0n) is 7.57. The Labute approximate surface area is 78.2 Å². The number of hydrogen-bond donors (Lipinski definition) is 1. The van der Waals surface area contributed by atoms with Crippen LogP contribution in [0.5, 0.6) is 0 Å². The molecule has 1 aliphatic heterocycles. The van der Waals surface area contributed by atoms with Crippen LogP contribution in [0.3, 0.4) is 0 Å². The lowest BCUT2D eigenvalue weighted by atomic mass is 9.78. The van der Waals surface area contributed by atoms with E-state index in [1.165, 1.54) is 5.57 Å². The van der Waals surface area contributed by atoms with Gasteiger partial charge in [0.05, 0.1) is 12.9 Å². The van der Waals surface area contributed by atoms with Crippen molar-refractivity contribution in [3.63, 3.8) is 0 Å². The van der Waals surface area contributed by atoms with Gasteiger partial charge < -0.3 is 9.84 Å². The van der Waals surface area contributed by atoms with E-state index in [2.05, 4.69) is 18.2 Å². The van der Waals surface area contributed by atoms with Crippen LogP contribution in [0, 0.1) is 5.41 Å². The van der Waals surface area contributed by atoms with Gasteiger partial charge in [-0.05, 0) is 30.6 Å². The highest BCUT2D eigenvalue weighted by Gasteiger charge is 2.33. The molecule has 0 saturated carbocycles. The summed E-state index contributed by atoms with van der Waals surface area (Å²) in [7, 11) is 0. The Hall–Kier alpha value is -1.02. The summed E-state index contributed by atoms with van der Waals surface area (Å²) in [6.07, 6.45) is 11.9. The van der Waals surface area contributed by atoms with Crippen LogP contribution < -0.4 is 0 Å². The molecule has 13 heavy (non-hydrogen) atoms. The van der Waals surface area contributed by atoms with Gasteiger partial charge in [0.15, 0.2) is 0 Å². The molecule has 0 atom stereocenters. The monoisotopic (exact) mass is 178 g/mol. The molecule has 0 unspecified atom stereocenters. The van der Waals surface area contributed by atoms with Crippen LogP contribution >= 0.6 is 0 Å². The Balaban J connectivity index is 2.21. The Morgan fingerprint density at radius 2 is 2.15 bits per heavy atom. The van der Waals surface area contributed by atoms with Crippen molar-refractivity contribution >= 4 is 0 Å². The van der Waals surface area contributed by atoms with Gasteiger partial charge in [-0.1, -0.05) is 12.2 Å². The first kappa shape index (κ1) is 8.57. The van der Waals surface area contributed by atoms with Gasteiger partial charge >= 0.3 is 0 Å². The Bertz CT molecular complexity index is 266. The number of aliphatic hydroxyl groups is 1. The van der Waals surface area contributed by atoms with E-state index in [1.54, 1.807) is 6.26 Å². The Kier molecular flexibility index (Phi) is 2.23. The lowest BCUT2D eigenvalue weighted by molar-refractivity contribution is 0.168. The van der Waals surface area contributed by atoms with Crippen molar-refractivity contribution < 1.29 is 9.84 Å². The maximum absolute atomic E-state index is 9.41. The number of hydrogen-bond acceptors (Lipinski definition) is 2. The highest BCUT2D eigenvalue weighted by molar-refractivity contribution is 5.32. The molecule has 2 heteroatoms. The summed E-state index contributed by atoms with van der Waals surface area (Å²) in [5.74, 6) is 0. The van der Waals surface area contributed by atoms with E-state index in [0.717, 1.165) is 12.8 Å². The lowest BCUT2D eigenvalue weighted by Crippen LogP contribution is -2.25. The molecule has 0 bridgehead atoms. The molecule has 0 amide bonds. The van der Waals surface area contributed by atoms with Gasteiger partial charge in [-0.2, -0.15) is 0 Å². The molecule has 0 aromatic rings. The average molecular weight is 178 g/mol. The van der Waals surface area contributed by atoms with Gasteiger partial charge in [0.2, 0.25) is 0 Å². The smallest absolute Gasteiger partial charge is 0.106 e. The van der Waals surface area contributed by atoms with E-state index in [0.29, 0.717) is 6.61 Å². The maximum atomic E-state index is 9.41. The molecule has 70 valence electrons. The van der Waals surface area contributed by atoms with Crippen molar-refractivity contribution in [3.05, 3.63) is 36.1 Å². The van der Waals surface area contributed by atoms with Crippen LogP contribution in [0.2, 0.25) is 0 Å². The molecule has 0 spiro atoms. The van der Waals surface area contributed by atoms with Crippen LogP contribution in [0.1, 0.15) is 12.8 Å². The molecule has 1 heterocycles. The third-order valence-corrected chi connectivity index (χ3v) is 2.84. The SMILES string of the molecule is OCC1(C2=CCOC=C2)CC=CC1. The lowest BCUT2D eigenvalue weighted by Gasteiger charge is -2.29. The van der Waals surface area contributed by atoms with Crippen molar-refractivity contribution in [3.8, 4) is 0 Å². The summed E-state index contributed by atoms with van der Waals surface area (Å²) < 4.78 is 5.09. The van der Waals surface area contributed by atoms with Crippen molar-refractivity contribution in [2.75, 3.05) is 13.2 Å². The Morgan fingerprint density at radius 3 is 2.69 bits per heavy atom. The largest absolute Gasteiger partial charge is 0.497 e. The van der Waals surface area contributed by atoms with Crippen LogP contribution in [0.15, 0.2) is 36.1 Å². The molecule has 0 radical (unpaired) electrons. The molecule has 0 aromatic carbocycles. The summed E-state index contributed by atoms with van der Waals surface area (Å²) in [4.78, 5) is 0. The number of aliphatic hydroxyl groups excluding tert-OH is 1. The average Bonchev–Trinajstić information content (AvgIpc) is 2.69. The second kappa shape index (κ2) is 3.38. The van der Waals surface area contributed by atoms with Gasteiger partial charge in [0.1, 0.15) is 6.61 Å². The van der Waals surface area contributed by atoms with Gasteiger partial charge in [-0.25, -0.2) is 0 Å². The fourth-order valence-corrected chi connectivity index (χ4v) is 1.93. The second-order valence-corrected chi connectivity index (χ2v) is 3.61. The summed E-state index contributed by atoms with van der Waals surface area (Å²) in [5.41, 5.74) is 1.16. The number of rotatable bonds is 2. The minimum absolute atomic E-state index is 0.0553. The summed E-state index contributed by atoms with van der Waals surface area (Å²) >= 11 is 0. The van der Waals surface area contributed by atoms with E-state index >= 15 is 0 Å². The van der Waals surface area contributed by atoms with Crippen molar-refractivity contribution in [2.45, 2.75) is 12.8 Å². The van der Waals surface area contributed by atoms with Gasteiger partial charge in [0, 0.05) is 5.41 Å². The molecule has 1 N–H and O–H groups in total. The van der Waals surface area contributed by atoms with Gasteiger partial charge in [0.25, 0.3) is 0 Å². The van der Waals surface area contributed by atoms with E-state index in [9.17, 15) is 5.11 Å². The standard InChI is InChI=1S/C11H14O2/c12-9-11(5-1-2-6-11)10-3-7-13-8-4-10/h1-4,7,12H,5-6,8-9H2. The quantitative estimate of drug-likeness (QED) is 0.653. The maximum Gasteiger partial charge on any atom is 0.106 e. The molecule has 2 aliphatic rings. The highest BCUT2D eigenvalue weighted by atomic mass is 16.5. The zero-order chi connectivity index (χ0) is 9.15. The fraction of sp³-hybridized carbons (Fsp3) is 0.455. The summed E-state index contributed by atoms with van der Waals surface area (Å²) in [6, 6.07) is 0. The molecule has 0 aromatic heterocycles. The fourth-order valence-electron chi connectivity index (χ4n) is 1.93.